The molecule has 3 heterocycles. The van der Waals surface area contributed by atoms with Gasteiger partial charge in [-0.25, -0.2) is 0 Å². The molecule has 0 saturated carbocycles. The van der Waals surface area contributed by atoms with E-state index in [9.17, 15) is 14.4 Å². The van der Waals surface area contributed by atoms with Gasteiger partial charge in [-0.05, 0) is 30.0 Å². The van der Waals surface area contributed by atoms with Crippen LogP contribution < -0.4 is 10.6 Å². The number of carbonyl (C=O) groups is 3. The third-order valence-electron chi connectivity index (χ3n) is 6.73. The second-order valence-electron chi connectivity index (χ2n) is 9.05. The smallest absolute Gasteiger partial charge is 0.250 e. The third kappa shape index (κ3) is 2.85. The van der Waals surface area contributed by atoms with Crippen LogP contribution in [0.4, 0.5) is 5.69 Å². The van der Waals surface area contributed by atoms with Gasteiger partial charge in [0, 0.05) is 22.3 Å². The summed E-state index contributed by atoms with van der Waals surface area (Å²) < 4.78 is 0. The van der Waals surface area contributed by atoms with Crippen molar-refractivity contribution in [3.63, 3.8) is 0 Å². The van der Waals surface area contributed by atoms with Crippen LogP contribution in [0.3, 0.4) is 0 Å². The third-order valence-corrected chi connectivity index (χ3v) is 7.09. The molecule has 2 fully saturated rings. The minimum absolute atomic E-state index is 0.109. The average Bonchev–Trinajstić information content (AvgIpc) is 3.30. The van der Waals surface area contributed by atoms with Crippen molar-refractivity contribution in [3.05, 3.63) is 64.7 Å². The van der Waals surface area contributed by atoms with Crippen LogP contribution in [0.15, 0.2) is 48.5 Å². The number of hydrogen-bond donors (Lipinski definition) is 2. The lowest BCUT2D eigenvalue weighted by Crippen LogP contribution is -2.53. The summed E-state index contributed by atoms with van der Waals surface area (Å²) in [5.74, 6) is -1.89. The maximum Gasteiger partial charge on any atom is 0.250 e. The molecule has 160 valence electrons. The molecule has 2 saturated heterocycles. The largest absolute Gasteiger partial charge is 0.324 e. The van der Waals surface area contributed by atoms with E-state index >= 15 is 0 Å². The number of anilines is 1. The Balaban J connectivity index is 1.60. The molecule has 31 heavy (non-hydrogen) atoms. The highest BCUT2D eigenvalue weighted by molar-refractivity contribution is 6.31. The first-order valence-electron chi connectivity index (χ1n) is 10.6. The molecule has 4 atom stereocenters. The number of nitrogens with zero attached hydrogens (tertiary/aromatic N) is 1. The predicted molar refractivity (Wildman–Crippen MR) is 117 cm³/mol. The number of rotatable bonds is 4. The Kier molecular flexibility index (Phi) is 4.68. The van der Waals surface area contributed by atoms with Gasteiger partial charge in [0.2, 0.25) is 17.7 Å². The fourth-order valence-corrected chi connectivity index (χ4v) is 5.68. The number of benzene rings is 2. The zero-order chi connectivity index (χ0) is 21.9. The highest BCUT2D eigenvalue weighted by Gasteiger charge is 2.70. The minimum Gasteiger partial charge on any atom is -0.324 e. The van der Waals surface area contributed by atoms with E-state index in [0.29, 0.717) is 28.6 Å². The molecule has 3 aliphatic heterocycles. The highest BCUT2D eigenvalue weighted by atomic mass is 35.5. The minimum atomic E-state index is -1.23. The number of hydrogen-bond acceptors (Lipinski definition) is 4. The van der Waals surface area contributed by atoms with Crippen LogP contribution in [0.2, 0.25) is 5.02 Å². The van der Waals surface area contributed by atoms with Crippen molar-refractivity contribution >= 4 is 35.0 Å². The standard InChI is InChI=1S/C24H24ClN3O3/c1-13(2)11-18-19-20(24(27-18)15-8-4-6-10-17(15)26-23(24)31)22(30)28(21(19)29)12-14-7-3-5-9-16(14)25/h3-10,13,18-20,27H,11-12H2,1-2H3,(H,26,31). The molecular formula is C24H24ClN3O3. The zero-order valence-electron chi connectivity index (χ0n) is 17.4. The van der Waals surface area contributed by atoms with Gasteiger partial charge < -0.3 is 5.32 Å². The van der Waals surface area contributed by atoms with Gasteiger partial charge in [-0.15, -0.1) is 0 Å². The number of halogens is 1. The molecule has 1 spiro atoms. The summed E-state index contributed by atoms with van der Waals surface area (Å²) in [6.45, 7) is 4.26. The maximum atomic E-state index is 13.7. The van der Waals surface area contributed by atoms with Crippen molar-refractivity contribution < 1.29 is 14.4 Å². The van der Waals surface area contributed by atoms with Crippen LogP contribution in [0.1, 0.15) is 31.4 Å². The van der Waals surface area contributed by atoms with E-state index in [1.54, 1.807) is 6.07 Å². The van der Waals surface area contributed by atoms with Crippen LogP contribution >= 0.6 is 11.6 Å². The molecule has 0 aromatic heterocycles. The van der Waals surface area contributed by atoms with Gasteiger partial charge in [0.05, 0.1) is 18.4 Å². The summed E-state index contributed by atoms with van der Waals surface area (Å²) >= 11 is 6.30. The van der Waals surface area contributed by atoms with E-state index in [1.165, 1.54) is 4.90 Å². The van der Waals surface area contributed by atoms with Gasteiger partial charge in [0.25, 0.3) is 0 Å². The SMILES string of the molecule is CC(C)CC1NC2(C(=O)Nc3ccccc32)C2C(=O)N(Cc3ccccc3Cl)C(=O)C12. The van der Waals surface area contributed by atoms with Gasteiger partial charge >= 0.3 is 0 Å². The monoisotopic (exact) mass is 437 g/mol. The summed E-state index contributed by atoms with van der Waals surface area (Å²) in [6, 6.07) is 14.3. The number of amides is 3. The number of fused-ring (bicyclic) bond motifs is 4. The molecule has 2 aromatic rings. The van der Waals surface area contributed by atoms with E-state index in [1.807, 2.05) is 42.5 Å². The van der Waals surface area contributed by atoms with Gasteiger partial charge in [0.1, 0.15) is 5.54 Å². The number of nitrogens with one attached hydrogen (secondary N) is 2. The first-order valence-corrected chi connectivity index (χ1v) is 11.0. The molecule has 0 aliphatic carbocycles. The summed E-state index contributed by atoms with van der Waals surface area (Å²) in [6.07, 6.45) is 0.692. The Bertz CT molecular complexity index is 1100. The topological polar surface area (TPSA) is 78.5 Å². The second-order valence-corrected chi connectivity index (χ2v) is 9.45. The van der Waals surface area contributed by atoms with Crippen molar-refractivity contribution in [2.75, 3.05) is 5.32 Å². The van der Waals surface area contributed by atoms with E-state index in [4.69, 9.17) is 11.6 Å². The van der Waals surface area contributed by atoms with Crippen LogP contribution in [0, 0.1) is 17.8 Å². The summed E-state index contributed by atoms with van der Waals surface area (Å²) in [4.78, 5) is 41.9. The summed E-state index contributed by atoms with van der Waals surface area (Å²) in [5.41, 5.74) is 0.906. The molecule has 6 nitrogen and oxygen atoms in total. The number of carbonyl (C=O) groups excluding carboxylic acids is 3. The van der Waals surface area contributed by atoms with Gasteiger partial charge in [-0.3, -0.25) is 24.6 Å². The Hall–Kier alpha value is -2.70. The Labute approximate surface area is 185 Å². The van der Waals surface area contributed by atoms with Crippen LogP contribution in [0.25, 0.3) is 0 Å². The Morgan fingerprint density at radius 2 is 1.74 bits per heavy atom. The lowest BCUT2D eigenvalue weighted by molar-refractivity contribution is -0.143. The fraction of sp³-hybridized carbons (Fsp3) is 0.375. The van der Waals surface area contributed by atoms with Crippen molar-refractivity contribution in [3.8, 4) is 0 Å². The quantitative estimate of drug-likeness (QED) is 0.719. The zero-order valence-corrected chi connectivity index (χ0v) is 18.1. The van der Waals surface area contributed by atoms with E-state index < -0.39 is 17.4 Å². The first kappa shape index (κ1) is 20.2. The van der Waals surface area contributed by atoms with Crippen molar-refractivity contribution in [2.24, 2.45) is 17.8 Å². The van der Waals surface area contributed by atoms with Crippen LogP contribution in [0.5, 0.6) is 0 Å². The summed E-state index contributed by atoms with van der Waals surface area (Å²) in [5, 5.41) is 6.89. The highest BCUT2D eigenvalue weighted by Crippen LogP contribution is 2.53. The average molecular weight is 438 g/mol. The first-order chi connectivity index (χ1) is 14.8. The second kappa shape index (κ2) is 7.18. The molecule has 2 aromatic carbocycles. The van der Waals surface area contributed by atoms with Crippen LogP contribution in [-0.4, -0.2) is 28.7 Å². The van der Waals surface area contributed by atoms with Crippen molar-refractivity contribution in [1.82, 2.24) is 10.2 Å². The van der Waals surface area contributed by atoms with Crippen molar-refractivity contribution in [1.29, 1.82) is 0 Å². The number of likely N-dealkylation sites (tertiary alicyclic amines) is 1. The Morgan fingerprint density at radius 1 is 1.03 bits per heavy atom. The van der Waals surface area contributed by atoms with Crippen LogP contribution in [-0.2, 0) is 26.5 Å². The van der Waals surface area contributed by atoms with E-state index in [-0.39, 0.29) is 30.3 Å². The predicted octanol–water partition coefficient (Wildman–Crippen LogP) is 3.31. The lowest BCUT2D eigenvalue weighted by Gasteiger charge is -2.30. The van der Waals surface area contributed by atoms with Crippen molar-refractivity contribution in [2.45, 2.75) is 38.4 Å². The van der Waals surface area contributed by atoms with Gasteiger partial charge in [-0.2, -0.15) is 0 Å². The fourth-order valence-electron chi connectivity index (χ4n) is 5.48. The Morgan fingerprint density at radius 3 is 2.48 bits per heavy atom. The molecule has 3 aliphatic rings. The molecule has 4 unspecified atom stereocenters. The lowest BCUT2D eigenvalue weighted by atomic mass is 9.76. The molecule has 7 heteroatoms. The molecule has 5 rings (SSSR count). The molecule has 0 bridgehead atoms. The normalized spacial score (nSPS) is 29.1. The van der Waals surface area contributed by atoms with E-state index in [0.717, 1.165) is 5.56 Å². The summed E-state index contributed by atoms with van der Waals surface area (Å²) in [7, 11) is 0. The molecule has 3 amide bonds. The van der Waals surface area contributed by atoms with Gasteiger partial charge in [0.15, 0.2) is 0 Å². The van der Waals surface area contributed by atoms with Gasteiger partial charge in [-0.1, -0.05) is 61.8 Å². The molecule has 0 radical (unpaired) electrons. The maximum absolute atomic E-state index is 13.7. The molecular weight excluding hydrogens is 414 g/mol. The number of para-hydroxylation sites is 1. The number of imide groups is 1. The molecule has 2 N–H and O–H groups in total. The van der Waals surface area contributed by atoms with E-state index in [2.05, 4.69) is 24.5 Å².